The second kappa shape index (κ2) is 8.51. The molecule has 0 aromatic heterocycles. The van der Waals surface area contributed by atoms with Gasteiger partial charge in [-0.05, 0) is 25.7 Å². The molecule has 1 amide bonds. The van der Waals surface area contributed by atoms with Crippen molar-refractivity contribution in [3.05, 3.63) is 12.2 Å². The highest BCUT2D eigenvalue weighted by Gasteiger charge is 2.24. The normalized spacial score (nSPS) is 24.5. The summed E-state index contributed by atoms with van der Waals surface area (Å²) in [4.78, 5) is 16.4. The van der Waals surface area contributed by atoms with Crippen molar-refractivity contribution < 1.29 is 14.6 Å². The van der Waals surface area contributed by atoms with Crippen LogP contribution in [0.3, 0.4) is 0 Å². The Morgan fingerprint density at radius 1 is 1.38 bits per heavy atom. The number of aliphatic hydroxyl groups is 1. The molecule has 1 N–H and O–H groups in total. The third kappa shape index (κ3) is 5.41. The maximum atomic E-state index is 12.2. The molecule has 0 unspecified atom stereocenters. The highest BCUT2D eigenvalue weighted by molar-refractivity contribution is 5.76. The fourth-order valence-electron chi connectivity index (χ4n) is 3.00. The maximum Gasteiger partial charge on any atom is 0.223 e. The summed E-state index contributed by atoms with van der Waals surface area (Å²) in [5.74, 6) is 0.726. The van der Waals surface area contributed by atoms with Gasteiger partial charge in [0.2, 0.25) is 5.91 Å². The van der Waals surface area contributed by atoms with Gasteiger partial charge in [0.1, 0.15) is 0 Å². The molecule has 0 spiro atoms. The van der Waals surface area contributed by atoms with Crippen LogP contribution in [-0.4, -0.2) is 72.9 Å². The van der Waals surface area contributed by atoms with Gasteiger partial charge in [-0.25, -0.2) is 0 Å². The van der Waals surface area contributed by atoms with Gasteiger partial charge in [-0.2, -0.15) is 0 Å². The molecule has 120 valence electrons. The number of β-amino-alcohol motifs (C(OH)–C–C–N with tert-alkyl or cyclic N) is 1. The first-order valence-electron chi connectivity index (χ1n) is 8.11. The molecule has 5 heteroatoms. The molecule has 0 radical (unpaired) electrons. The lowest BCUT2D eigenvalue weighted by Gasteiger charge is -2.36. The van der Waals surface area contributed by atoms with Gasteiger partial charge in [-0.3, -0.25) is 9.69 Å². The Labute approximate surface area is 127 Å². The second-order valence-electron chi connectivity index (χ2n) is 5.96. The number of hydrogen-bond donors (Lipinski definition) is 1. The Kier molecular flexibility index (Phi) is 6.67. The summed E-state index contributed by atoms with van der Waals surface area (Å²) in [6.07, 6.45) is 6.81. The number of hydrogen-bond acceptors (Lipinski definition) is 4. The van der Waals surface area contributed by atoms with E-state index in [9.17, 15) is 9.90 Å². The van der Waals surface area contributed by atoms with Gasteiger partial charge < -0.3 is 14.7 Å². The lowest BCUT2D eigenvalue weighted by atomic mass is 10.0. The summed E-state index contributed by atoms with van der Waals surface area (Å²) in [5, 5.41) is 9.84. The third-order valence-corrected chi connectivity index (χ3v) is 4.26. The molecule has 1 aliphatic carbocycles. The molecule has 2 aliphatic rings. The molecule has 1 aliphatic heterocycles. The number of piperazine rings is 1. The molecule has 0 saturated carbocycles. The number of ether oxygens (including phenoxy) is 1. The summed E-state index contributed by atoms with van der Waals surface area (Å²) >= 11 is 0. The van der Waals surface area contributed by atoms with Crippen LogP contribution in [-0.2, 0) is 9.53 Å². The Bertz CT molecular complexity index is 351. The second-order valence-corrected chi connectivity index (χ2v) is 5.96. The molecular weight excluding hydrogens is 268 g/mol. The fourth-order valence-corrected chi connectivity index (χ4v) is 3.00. The van der Waals surface area contributed by atoms with Crippen molar-refractivity contribution in [1.82, 2.24) is 9.80 Å². The van der Waals surface area contributed by atoms with Gasteiger partial charge in [0.05, 0.1) is 12.7 Å². The average Bonchev–Trinajstić information content (AvgIpc) is 2.98. The van der Waals surface area contributed by atoms with E-state index in [0.717, 1.165) is 39.0 Å². The van der Waals surface area contributed by atoms with E-state index in [1.54, 1.807) is 0 Å². The first-order valence-corrected chi connectivity index (χ1v) is 8.11. The van der Waals surface area contributed by atoms with Crippen molar-refractivity contribution in [3.63, 3.8) is 0 Å². The summed E-state index contributed by atoms with van der Waals surface area (Å²) < 4.78 is 5.22. The van der Waals surface area contributed by atoms with E-state index in [1.807, 2.05) is 11.8 Å². The minimum atomic E-state index is -0.434. The fraction of sp³-hybridized carbons (Fsp3) is 0.812. The van der Waals surface area contributed by atoms with E-state index in [-0.39, 0.29) is 5.91 Å². The molecule has 21 heavy (non-hydrogen) atoms. The van der Waals surface area contributed by atoms with Gasteiger partial charge in [0.25, 0.3) is 0 Å². The molecule has 1 saturated heterocycles. The Balaban J connectivity index is 1.65. The van der Waals surface area contributed by atoms with E-state index in [0.29, 0.717) is 32.1 Å². The van der Waals surface area contributed by atoms with Gasteiger partial charge in [0, 0.05) is 45.8 Å². The number of carbonyl (C=O) groups excluding carboxylic acids is 1. The van der Waals surface area contributed by atoms with Crippen molar-refractivity contribution >= 4 is 5.91 Å². The van der Waals surface area contributed by atoms with E-state index in [1.165, 1.54) is 0 Å². The molecule has 2 atom stereocenters. The number of aliphatic hydroxyl groups excluding tert-OH is 1. The zero-order chi connectivity index (χ0) is 15.1. The third-order valence-electron chi connectivity index (χ3n) is 4.26. The van der Waals surface area contributed by atoms with Crippen LogP contribution in [0.4, 0.5) is 0 Å². The molecule has 1 fully saturated rings. The zero-order valence-corrected chi connectivity index (χ0v) is 13.0. The smallest absolute Gasteiger partial charge is 0.223 e. The van der Waals surface area contributed by atoms with Gasteiger partial charge in [0.15, 0.2) is 0 Å². The highest BCUT2D eigenvalue weighted by atomic mass is 16.5. The van der Waals surface area contributed by atoms with E-state index in [4.69, 9.17) is 4.74 Å². The van der Waals surface area contributed by atoms with Crippen LogP contribution in [0.1, 0.15) is 26.2 Å². The number of allylic oxidation sites excluding steroid dienone is 2. The molecule has 0 bridgehead atoms. The summed E-state index contributed by atoms with van der Waals surface area (Å²) in [6.45, 7) is 6.82. The lowest BCUT2D eigenvalue weighted by molar-refractivity contribution is -0.133. The minimum absolute atomic E-state index is 0.279. The SMILES string of the molecule is CCOC[C@H](O)CN1CCN(C(=O)C[C@@H]2C=CCC2)CC1. The number of amides is 1. The summed E-state index contributed by atoms with van der Waals surface area (Å²) in [5.41, 5.74) is 0. The van der Waals surface area contributed by atoms with Gasteiger partial charge in [-0.15, -0.1) is 0 Å². The van der Waals surface area contributed by atoms with Crippen molar-refractivity contribution in [2.75, 3.05) is 45.9 Å². The standard InChI is InChI=1S/C16H28N2O3/c1-2-21-13-15(19)12-17-7-9-18(10-8-17)16(20)11-14-5-3-4-6-14/h3,5,14-15,19H,2,4,6-13H2,1H3/t14-,15-/m1/s1. The number of carbonyl (C=O) groups is 1. The monoisotopic (exact) mass is 296 g/mol. The van der Waals surface area contributed by atoms with Crippen LogP contribution in [0, 0.1) is 5.92 Å². The highest BCUT2D eigenvalue weighted by Crippen LogP contribution is 2.21. The predicted molar refractivity (Wildman–Crippen MR) is 82.0 cm³/mol. The van der Waals surface area contributed by atoms with Crippen LogP contribution in [0.2, 0.25) is 0 Å². The van der Waals surface area contributed by atoms with Crippen molar-refractivity contribution in [2.45, 2.75) is 32.3 Å². The largest absolute Gasteiger partial charge is 0.389 e. The summed E-state index contributed by atoms with van der Waals surface area (Å²) in [6, 6.07) is 0. The van der Waals surface area contributed by atoms with Gasteiger partial charge >= 0.3 is 0 Å². The quantitative estimate of drug-likeness (QED) is 0.709. The minimum Gasteiger partial charge on any atom is -0.389 e. The average molecular weight is 296 g/mol. The molecule has 0 aromatic carbocycles. The number of rotatable bonds is 7. The molecule has 0 aromatic rings. The zero-order valence-electron chi connectivity index (χ0n) is 13.0. The lowest BCUT2D eigenvalue weighted by Crippen LogP contribution is -2.51. The van der Waals surface area contributed by atoms with Crippen LogP contribution >= 0.6 is 0 Å². The van der Waals surface area contributed by atoms with Crippen molar-refractivity contribution in [3.8, 4) is 0 Å². The molecular formula is C16H28N2O3. The first kappa shape index (κ1) is 16.5. The molecule has 1 heterocycles. The van der Waals surface area contributed by atoms with E-state index in [2.05, 4.69) is 17.1 Å². The topological polar surface area (TPSA) is 53.0 Å². The Morgan fingerprint density at radius 3 is 2.76 bits per heavy atom. The van der Waals surface area contributed by atoms with Crippen LogP contribution in [0.15, 0.2) is 12.2 Å². The molecule has 5 nitrogen and oxygen atoms in total. The summed E-state index contributed by atoms with van der Waals surface area (Å²) in [7, 11) is 0. The van der Waals surface area contributed by atoms with E-state index < -0.39 is 6.10 Å². The first-order chi connectivity index (χ1) is 10.2. The van der Waals surface area contributed by atoms with Crippen molar-refractivity contribution in [1.29, 1.82) is 0 Å². The van der Waals surface area contributed by atoms with Crippen molar-refractivity contribution in [2.24, 2.45) is 5.92 Å². The Morgan fingerprint density at radius 2 is 2.14 bits per heavy atom. The predicted octanol–water partition coefficient (Wildman–Crippen LogP) is 0.884. The van der Waals surface area contributed by atoms with Crippen LogP contribution in [0.25, 0.3) is 0 Å². The van der Waals surface area contributed by atoms with E-state index >= 15 is 0 Å². The Hall–Kier alpha value is -0.910. The molecule has 2 rings (SSSR count). The van der Waals surface area contributed by atoms with Crippen LogP contribution in [0.5, 0.6) is 0 Å². The van der Waals surface area contributed by atoms with Gasteiger partial charge in [-0.1, -0.05) is 12.2 Å². The number of nitrogens with zero attached hydrogens (tertiary/aromatic N) is 2. The maximum absolute atomic E-state index is 12.2. The van der Waals surface area contributed by atoms with Crippen LogP contribution < -0.4 is 0 Å².